The Labute approximate surface area is 112 Å². The standard InChI is InChI=1S/C12H11BrN2O3/c13-8-2-1-3-10(6-8)18-5-4-9-7-11(12(16)17)15-14-9/h1-3,6-7H,4-5H2,(H,14,15)(H,16,17). The number of aromatic carboxylic acids is 1. The Morgan fingerprint density at radius 2 is 2.28 bits per heavy atom. The van der Waals surface area contributed by atoms with Gasteiger partial charge in [0.1, 0.15) is 5.75 Å². The van der Waals surface area contributed by atoms with E-state index < -0.39 is 5.97 Å². The normalized spacial score (nSPS) is 10.3. The van der Waals surface area contributed by atoms with Crippen molar-refractivity contribution in [2.24, 2.45) is 0 Å². The highest BCUT2D eigenvalue weighted by Crippen LogP contribution is 2.17. The number of halogens is 1. The molecule has 0 bridgehead atoms. The van der Waals surface area contributed by atoms with Crippen molar-refractivity contribution in [2.45, 2.75) is 6.42 Å². The third kappa shape index (κ3) is 3.33. The van der Waals surface area contributed by atoms with E-state index in [1.165, 1.54) is 6.07 Å². The number of carboxylic acids is 1. The van der Waals surface area contributed by atoms with Crippen molar-refractivity contribution >= 4 is 21.9 Å². The summed E-state index contributed by atoms with van der Waals surface area (Å²) in [5.74, 6) is -0.271. The van der Waals surface area contributed by atoms with E-state index >= 15 is 0 Å². The summed E-state index contributed by atoms with van der Waals surface area (Å²) < 4.78 is 6.49. The molecule has 5 nitrogen and oxygen atoms in total. The lowest BCUT2D eigenvalue weighted by Gasteiger charge is -2.04. The number of hydrogen-bond donors (Lipinski definition) is 2. The zero-order valence-electron chi connectivity index (χ0n) is 9.39. The Balaban J connectivity index is 1.86. The molecule has 0 radical (unpaired) electrons. The quantitative estimate of drug-likeness (QED) is 0.889. The second-order valence-corrected chi connectivity index (χ2v) is 4.56. The minimum absolute atomic E-state index is 0.0208. The topological polar surface area (TPSA) is 75.2 Å². The summed E-state index contributed by atoms with van der Waals surface area (Å²) in [6.07, 6.45) is 0.576. The maximum Gasteiger partial charge on any atom is 0.356 e. The minimum atomic E-state index is -1.04. The van der Waals surface area contributed by atoms with Gasteiger partial charge in [-0.25, -0.2) is 4.79 Å². The Hall–Kier alpha value is -1.82. The number of ether oxygens (including phenoxy) is 1. The van der Waals surface area contributed by atoms with Crippen molar-refractivity contribution in [1.29, 1.82) is 0 Å². The molecule has 1 heterocycles. The number of aromatic amines is 1. The molecule has 18 heavy (non-hydrogen) atoms. The highest BCUT2D eigenvalue weighted by Gasteiger charge is 2.07. The SMILES string of the molecule is O=C(O)c1cc(CCOc2cccc(Br)c2)[nH]n1. The summed E-state index contributed by atoms with van der Waals surface area (Å²) in [6.45, 7) is 0.456. The van der Waals surface area contributed by atoms with E-state index in [1.54, 1.807) is 0 Å². The molecule has 0 unspecified atom stereocenters. The van der Waals surface area contributed by atoms with Gasteiger partial charge in [-0.3, -0.25) is 5.10 Å². The maximum atomic E-state index is 10.6. The largest absolute Gasteiger partial charge is 0.493 e. The first-order chi connectivity index (χ1) is 8.65. The maximum absolute atomic E-state index is 10.6. The van der Waals surface area contributed by atoms with Crippen LogP contribution < -0.4 is 4.74 Å². The van der Waals surface area contributed by atoms with Crippen molar-refractivity contribution in [3.63, 3.8) is 0 Å². The van der Waals surface area contributed by atoms with Gasteiger partial charge in [-0.2, -0.15) is 5.10 Å². The molecule has 0 aliphatic carbocycles. The van der Waals surface area contributed by atoms with Crippen molar-refractivity contribution < 1.29 is 14.6 Å². The van der Waals surface area contributed by atoms with Gasteiger partial charge < -0.3 is 9.84 Å². The number of rotatable bonds is 5. The van der Waals surface area contributed by atoms with Crippen molar-refractivity contribution in [1.82, 2.24) is 10.2 Å². The fourth-order valence-electron chi connectivity index (χ4n) is 1.43. The predicted octanol–water partition coefficient (Wildman–Crippen LogP) is 2.49. The summed E-state index contributed by atoms with van der Waals surface area (Å²) in [5.41, 5.74) is 0.759. The fourth-order valence-corrected chi connectivity index (χ4v) is 1.81. The van der Waals surface area contributed by atoms with Crippen molar-refractivity contribution in [3.8, 4) is 5.75 Å². The van der Waals surface area contributed by atoms with Gasteiger partial charge in [0.15, 0.2) is 5.69 Å². The third-order valence-electron chi connectivity index (χ3n) is 2.29. The molecule has 0 saturated carbocycles. The van der Waals surface area contributed by atoms with Crippen LogP contribution >= 0.6 is 15.9 Å². The van der Waals surface area contributed by atoms with E-state index in [2.05, 4.69) is 26.1 Å². The van der Waals surface area contributed by atoms with E-state index in [9.17, 15) is 4.79 Å². The van der Waals surface area contributed by atoms with E-state index in [-0.39, 0.29) is 5.69 Å². The first-order valence-electron chi connectivity index (χ1n) is 5.31. The van der Waals surface area contributed by atoms with E-state index in [0.717, 1.165) is 15.9 Å². The van der Waals surface area contributed by atoms with Gasteiger partial charge in [-0.1, -0.05) is 22.0 Å². The zero-order valence-corrected chi connectivity index (χ0v) is 11.0. The molecule has 6 heteroatoms. The highest BCUT2D eigenvalue weighted by atomic mass is 79.9. The number of nitrogens with zero attached hydrogens (tertiary/aromatic N) is 1. The van der Waals surface area contributed by atoms with Crippen molar-refractivity contribution in [3.05, 3.63) is 46.2 Å². The molecule has 1 aromatic heterocycles. The average molecular weight is 311 g/mol. The second-order valence-electron chi connectivity index (χ2n) is 3.64. The number of benzene rings is 1. The van der Waals surface area contributed by atoms with Crippen LogP contribution in [0.5, 0.6) is 5.75 Å². The molecule has 1 aromatic carbocycles. The molecule has 0 aliphatic rings. The van der Waals surface area contributed by atoms with Crippen LogP contribution in [0.4, 0.5) is 0 Å². The number of nitrogens with one attached hydrogen (secondary N) is 1. The van der Waals surface area contributed by atoms with Gasteiger partial charge in [0.05, 0.1) is 6.61 Å². The number of hydrogen-bond acceptors (Lipinski definition) is 3. The van der Waals surface area contributed by atoms with Crippen LogP contribution in [0.1, 0.15) is 16.2 Å². The average Bonchev–Trinajstić information content (AvgIpc) is 2.78. The van der Waals surface area contributed by atoms with Crippen molar-refractivity contribution in [2.75, 3.05) is 6.61 Å². The zero-order chi connectivity index (χ0) is 13.0. The number of H-pyrrole nitrogens is 1. The van der Waals surface area contributed by atoms with Gasteiger partial charge in [-0.15, -0.1) is 0 Å². The van der Waals surface area contributed by atoms with Gasteiger partial charge in [0.2, 0.25) is 0 Å². The van der Waals surface area contributed by atoms with Gasteiger partial charge in [0.25, 0.3) is 0 Å². The monoisotopic (exact) mass is 310 g/mol. The number of carboxylic acid groups (broad SMARTS) is 1. The molecule has 0 saturated heterocycles. The molecular formula is C12H11BrN2O3. The Morgan fingerprint density at radius 3 is 2.94 bits per heavy atom. The lowest BCUT2D eigenvalue weighted by molar-refractivity contribution is 0.0690. The molecule has 0 amide bonds. The van der Waals surface area contributed by atoms with Crippen LogP contribution in [0.3, 0.4) is 0 Å². The molecule has 2 rings (SSSR count). The summed E-state index contributed by atoms with van der Waals surface area (Å²) in [6, 6.07) is 9.04. The summed E-state index contributed by atoms with van der Waals surface area (Å²) >= 11 is 3.36. The molecule has 0 fully saturated rings. The van der Waals surface area contributed by atoms with Crippen LogP contribution in [0, 0.1) is 0 Å². The summed E-state index contributed by atoms with van der Waals surface area (Å²) in [4.78, 5) is 10.6. The Morgan fingerprint density at radius 1 is 1.44 bits per heavy atom. The van der Waals surface area contributed by atoms with Crippen LogP contribution in [0.25, 0.3) is 0 Å². The van der Waals surface area contributed by atoms with Crippen LogP contribution in [-0.4, -0.2) is 27.9 Å². The molecular weight excluding hydrogens is 300 g/mol. The van der Waals surface area contributed by atoms with E-state index in [1.807, 2.05) is 24.3 Å². The van der Waals surface area contributed by atoms with Gasteiger partial charge >= 0.3 is 5.97 Å². The second kappa shape index (κ2) is 5.68. The molecule has 2 aromatic rings. The van der Waals surface area contributed by atoms with Crippen LogP contribution in [-0.2, 0) is 6.42 Å². The van der Waals surface area contributed by atoms with Gasteiger partial charge in [0, 0.05) is 16.6 Å². The predicted molar refractivity (Wildman–Crippen MR) is 68.9 cm³/mol. The lowest BCUT2D eigenvalue weighted by Crippen LogP contribution is -2.01. The molecule has 0 spiro atoms. The lowest BCUT2D eigenvalue weighted by atomic mass is 10.3. The molecule has 94 valence electrons. The first-order valence-corrected chi connectivity index (χ1v) is 6.10. The number of carbonyl (C=O) groups is 1. The molecule has 2 N–H and O–H groups in total. The fraction of sp³-hybridized carbons (Fsp3) is 0.167. The minimum Gasteiger partial charge on any atom is -0.493 e. The van der Waals surface area contributed by atoms with E-state index in [0.29, 0.717) is 13.0 Å². The molecule has 0 aliphatic heterocycles. The van der Waals surface area contributed by atoms with E-state index in [4.69, 9.17) is 9.84 Å². The van der Waals surface area contributed by atoms with Crippen LogP contribution in [0.15, 0.2) is 34.8 Å². The molecule has 0 atom stereocenters. The third-order valence-corrected chi connectivity index (χ3v) is 2.78. The summed E-state index contributed by atoms with van der Waals surface area (Å²) in [7, 11) is 0. The number of aromatic nitrogens is 2. The smallest absolute Gasteiger partial charge is 0.356 e. The summed E-state index contributed by atoms with van der Waals surface area (Å²) in [5, 5.41) is 15.0. The highest BCUT2D eigenvalue weighted by molar-refractivity contribution is 9.10. The van der Waals surface area contributed by atoms with Gasteiger partial charge in [-0.05, 0) is 24.3 Å². The Kier molecular flexibility index (Phi) is 3.99. The Bertz CT molecular complexity index is 554. The van der Waals surface area contributed by atoms with Crippen LogP contribution in [0.2, 0.25) is 0 Å². The first kappa shape index (κ1) is 12.6.